The van der Waals surface area contributed by atoms with Crippen LogP contribution in [0.25, 0.3) is 0 Å². The number of benzene rings is 1. The lowest BCUT2D eigenvalue weighted by atomic mass is 10.2. The van der Waals surface area contributed by atoms with Crippen molar-refractivity contribution in [3.8, 4) is 0 Å². The summed E-state index contributed by atoms with van der Waals surface area (Å²) in [5, 5.41) is 1.03. The standard InChI is InChI=1S/C8H7Br2I/c9-4-3-6-1-2-7(10)5-8(6)11/h1-2,5H,3-4H2. The molecule has 1 aromatic rings. The summed E-state index contributed by atoms with van der Waals surface area (Å²) in [6.07, 6.45) is 1.10. The van der Waals surface area contributed by atoms with Crippen LogP contribution in [-0.2, 0) is 6.42 Å². The van der Waals surface area contributed by atoms with Crippen LogP contribution in [-0.4, -0.2) is 5.33 Å². The van der Waals surface area contributed by atoms with E-state index in [1.807, 2.05) is 0 Å². The van der Waals surface area contributed by atoms with E-state index in [9.17, 15) is 0 Å². The Bertz CT molecular complexity index is 248. The van der Waals surface area contributed by atoms with Gasteiger partial charge in [0.2, 0.25) is 0 Å². The van der Waals surface area contributed by atoms with E-state index >= 15 is 0 Å². The van der Waals surface area contributed by atoms with Crippen molar-refractivity contribution in [2.75, 3.05) is 5.33 Å². The highest BCUT2D eigenvalue weighted by molar-refractivity contribution is 14.1. The van der Waals surface area contributed by atoms with Crippen molar-refractivity contribution < 1.29 is 0 Å². The molecule has 0 nitrogen and oxygen atoms in total. The fourth-order valence-electron chi connectivity index (χ4n) is 0.826. The molecule has 0 bridgehead atoms. The second kappa shape index (κ2) is 4.82. The summed E-state index contributed by atoms with van der Waals surface area (Å²) >= 11 is 9.21. The molecule has 0 aliphatic rings. The molecule has 11 heavy (non-hydrogen) atoms. The van der Waals surface area contributed by atoms with Crippen molar-refractivity contribution >= 4 is 54.5 Å². The third-order valence-corrected chi connectivity index (χ3v) is 3.27. The van der Waals surface area contributed by atoms with Gasteiger partial charge in [-0.25, -0.2) is 0 Å². The van der Waals surface area contributed by atoms with E-state index in [2.05, 4.69) is 72.6 Å². The van der Waals surface area contributed by atoms with E-state index in [1.54, 1.807) is 0 Å². The fraction of sp³-hybridized carbons (Fsp3) is 0.250. The summed E-state index contributed by atoms with van der Waals surface area (Å²) in [7, 11) is 0. The Kier molecular flexibility index (Phi) is 4.38. The Morgan fingerprint density at radius 2 is 2.09 bits per heavy atom. The van der Waals surface area contributed by atoms with Crippen LogP contribution < -0.4 is 0 Å². The minimum atomic E-state index is 1.03. The summed E-state index contributed by atoms with van der Waals surface area (Å²) in [6, 6.07) is 6.38. The molecule has 0 unspecified atom stereocenters. The lowest BCUT2D eigenvalue weighted by Crippen LogP contribution is -1.89. The van der Waals surface area contributed by atoms with Gasteiger partial charge in [0.05, 0.1) is 0 Å². The second-order valence-corrected chi connectivity index (χ2v) is 5.05. The molecule has 0 aliphatic heterocycles. The molecule has 0 amide bonds. The van der Waals surface area contributed by atoms with Crippen molar-refractivity contribution in [1.29, 1.82) is 0 Å². The van der Waals surface area contributed by atoms with Gasteiger partial charge in [-0.2, -0.15) is 0 Å². The van der Waals surface area contributed by atoms with Crippen LogP contribution >= 0.6 is 54.5 Å². The fourth-order valence-corrected chi connectivity index (χ4v) is 2.83. The highest BCUT2D eigenvalue weighted by Crippen LogP contribution is 2.19. The molecule has 0 aromatic heterocycles. The van der Waals surface area contributed by atoms with Crippen LogP contribution in [0.5, 0.6) is 0 Å². The summed E-state index contributed by atoms with van der Waals surface area (Å²) in [6.45, 7) is 0. The predicted octanol–water partition coefficient (Wildman–Crippen LogP) is 3.99. The molecular weight excluding hydrogens is 383 g/mol. The normalized spacial score (nSPS) is 10.1. The van der Waals surface area contributed by atoms with E-state index in [0.717, 1.165) is 16.2 Å². The second-order valence-electron chi connectivity index (χ2n) is 2.17. The van der Waals surface area contributed by atoms with Crippen molar-refractivity contribution in [2.24, 2.45) is 0 Å². The smallest absolute Gasteiger partial charge is 0.0185 e. The van der Waals surface area contributed by atoms with Gasteiger partial charge in [-0.15, -0.1) is 0 Å². The number of halogens is 3. The van der Waals surface area contributed by atoms with Gasteiger partial charge in [0.1, 0.15) is 0 Å². The maximum atomic E-state index is 3.43. The molecule has 60 valence electrons. The van der Waals surface area contributed by atoms with E-state index in [-0.39, 0.29) is 0 Å². The van der Waals surface area contributed by atoms with Crippen molar-refractivity contribution in [3.63, 3.8) is 0 Å². The van der Waals surface area contributed by atoms with E-state index in [1.165, 1.54) is 9.13 Å². The third kappa shape index (κ3) is 3.03. The Hall–Kier alpha value is 0.910. The lowest BCUT2D eigenvalue weighted by molar-refractivity contribution is 1.15. The number of alkyl halides is 1. The van der Waals surface area contributed by atoms with Crippen LogP contribution in [0.1, 0.15) is 5.56 Å². The van der Waals surface area contributed by atoms with Gasteiger partial charge in [-0.3, -0.25) is 0 Å². The van der Waals surface area contributed by atoms with Crippen molar-refractivity contribution in [3.05, 3.63) is 31.8 Å². The third-order valence-electron chi connectivity index (χ3n) is 1.38. The average molecular weight is 390 g/mol. The molecule has 0 radical (unpaired) electrons. The maximum absolute atomic E-state index is 3.43. The Balaban J connectivity index is 2.90. The minimum Gasteiger partial charge on any atom is -0.0924 e. The maximum Gasteiger partial charge on any atom is 0.0185 e. The molecule has 0 saturated heterocycles. The highest BCUT2D eigenvalue weighted by atomic mass is 127. The van der Waals surface area contributed by atoms with E-state index in [0.29, 0.717) is 0 Å². The number of hydrogen-bond donors (Lipinski definition) is 0. The molecule has 1 aromatic carbocycles. The summed E-state index contributed by atoms with van der Waals surface area (Å²) in [5.41, 5.74) is 1.41. The van der Waals surface area contributed by atoms with Crippen LogP contribution in [0.2, 0.25) is 0 Å². The van der Waals surface area contributed by atoms with Crippen molar-refractivity contribution in [1.82, 2.24) is 0 Å². The van der Waals surface area contributed by atoms with Gasteiger partial charge in [-0.1, -0.05) is 37.9 Å². The van der Waals surface area contributed by atoms with Gasteiger partial charge >= 0.3 is 0 Å². The Morgan fingerprint density at radius 3 is 2.64 bits per heavy atom. The number of rotatable bonds is 2. The van der Waals surface area contributed by atoms with Crippen LogP contribution in [0.15, 0.2) is 22.7 Å². The zero-order valence-corrected chi connectivity index (χ0v) is 11.1. The van der Waals surface area contributed by atoms with Crippen molar-refractivity contribution in [2.45, 2.75) is 6.42 Å². The SMILES string of the molecule is BrCCc1ccc(Br)cc1I. The first-order chi connectivity index (χ1) is 5.24. The molecule has 0 heterocycles. The molecule has 0 saturated carbocycles. The first-order valence-electron chi connectivity index (χ1n) is 3.24. The summed E-state index contributed by atoms with van der Waals surface area (Å²) < 4.78 is 2.48. The predicted molar refractivity (Wildman–Crippen MR) is 64.4 cm³/mol. The summed E-state index contributed by atoms with van der Waals surface area (Å²) in [4.78, 5) is 0. The van der Waals surface area contributed by atoms with Crippen LogP contribution in [0, 0.1) is 3.57 Å². The Morgan fingerprint density at radius 1 is 1.36 bits per heavy atom. The van der Waals surface area contributed by atoms with Gasteiger partial charge in [0.15, 0.2) is 0 Å². The number of hydrogen-bond acceptors (Lipinski definition) is 0. The molecule has 0 fully saturated rings. The molecule has 0 N–H and O–H groups in total. The van der Waals surface area contributed by atoms with Gasteiger partial charge in [0, 0.05) is 13.4 Å². The molecule has 0 atom stereocenters. The van der Waals surface area contributed by atoms with Crippen LogP contribution in [0.4, 0.5) is 0 Å². The van der Waals surface area contributed by atoms with E-state index < -0.39 is 0 Å². The van der Waals surface area contributed by atoms with E-state index in [4.69, 9.17) is 0 Å². The monoisotopic (exact) mass is 388 g/mol. The van der Waals surface area contributed by atoms with Crippen LogP contribution in [0.3, 0.4) is 0 Å². The molecule has 3 heteroatoms. The molecule has 0 spiro atoms. The summed E-state index contributed by atoms with van der Waals surface area (Å²) in [5.74, 6) is 0. The van der Waals surface area contributed by atoms with Gasteiger partial charge in [-0.05, 0) is 46.7 Å². The first-order valence-corrected chi connectivity index (χ1v) is 6.23. The Labute approximate surface area is 97.2 Å². The molecule has 1 rings (SSSR count). The van der Waals surface area contributed by atoms with Gasteiger partial charge < -0.3 is 0 Å². The van der Waals surface area contributed by atoms with Gasteiger partial charge in [0.25, 0.3) is 0 Å². The molecule has 0 aliphatic carbocycles. The topological polar surface area (TPSA) is 0 Å². The largest absolute Gasteiger partial charge is 0.0924 e. The zero-order chi connectivity index (χ0) is 8.27. The minimum absolute atomic E-state index is 1.03. The highest BCUT2D eigenvalue weighted by Gasteiger charge is 1.98. The number of aryl methyl sites for hydroxylation is 1. The zero-order valence-electron chi connectivity index (χ0n) is 5.78. The average Bonchev–Trinajstić information content (AvgIpc) is 1.95. The quantitative estimate of drug-likeness (QED) is 0.530. The molecular formula is C8H7Br2I. The lowest BCUT2D eigenvalue weighted by Gasteiger charge is -2.01. The first kappa shape index (κ1) is 9.99.